The molecular formula is C24H28N2O5. The lowest BCUT2D eigenvalue weighted by Gasteiger charge is -2.60. The molecule has 3 N–H and O–H groups in total. The van der Waals surface area contributed by atoms with Crippen LogP contribution in [0.4, 0.5) is 0 Å². The number of furan rings is 1. The SMILES string of the molecule is O=C(CC12C[C@@H]3C[C@@H](CC(O)(C3)C1)C2)NNC(=O)c1ccc(COc2ccccc2)o1. The Morgan fingerprint density at radius 3 is 2.48 bits per heavy atom. The molecule has 2 aromatic rings. The fourth-order valence-corrected chi connectivity index (χ4v) is 6.43. The highest BCUT2D eigenvalue weighted by Gasteiger charge is 2.57. The normalized spacial score (nSPS) is 30.7. The second kappa shape index (κ2) is 7.71. The summed E-state index contributed by atoms with van der Waals surface area (Å²) in [5.41, 5.74) is 4.23. The fourth-order valence-electron chi connectivity index (χ4n) is 6.43. The summed E-state index contributed by atoms with van der Waals surface area (Å²) in [6, 6.07) is 12.6. The van der Waals surface area contributed by atoms with Gasteiger partial charge in [0.05, 0.1) is 5.60 Å². The lowest BCUT2D eigenvalue weighted by molar-refractivity contribution is -0.169. The van der Waals surface area contributed by atoms with Crippen LogP contribution in [0.2, 0.25) is 0 Å². The molecule has 4 bridgehead atoms. The molecule has 7 nitrogen and oxygen atoms in total. The van der Waals surface area contributed by atoms with Gasteiger partial charge in [0.15, 0.2) is 5.76 Å². The minimum Gasteiger partial charge on any atom is -0.486 e. The van der Waals surface area contributed by atoms with Gasteiger partial charge < -0.3 is 14.3 Å². The quantitative estimate of drug-likeness (QED) is 0.618. The number of hydrogen-bond donors (Lipinski definition) is 3. The number of amides is 2. The number of hydrogen-bond acceptors (Lipinski definition) is 5. The van der Waals surface area contributed by atoms with Gasteiger partial charge in [0.2, 0.25) is 5.91 Å². The smallest absolute Gasteiger partial charge is 0.305 e. The third-order valence-electron chi connectivity index (χ3n) is 7.01. The number of aliphatic hydroxyl groups is 1. The Morgan fingerprint density at radius 2 is 1.77 bits per heavy atom. The molecular weight excluding hydrogens is 396 g/mol. The van der Waals surface area contributed by atoms with Gasteiger partial charge in [-0.05, 0) is 80.0 Å². The van der Waals surface area contributed by atoms with E-state index < -0.39 is 11.5 Å². The summed E-state index contributed by atoms with van der Waals surface area (Å²) in [5.74, 6) is 1.65. The van der Waals surface area contributed by atoms with E-state index in [9.17, 15) is 14.7 Å². The summed E-state index contributed by atoms with van der Waals surface area (Å²) in [7, 11) is 0. The van der Waals surface area contributed by atoms with E-state index in [1.807, 2.05) is 30.3 Å². The molecule has 31 heavy (non-hydrogen) atoms. The highest BCUT2D eigenvalue weighted by atomic mass is 16.5. The van der Waals surface area contributed by atoms with Crippen LogP contribution >= 0.6 is 0 Å². The van der Waals surface area contributed by atoms with Crippen LogP contribution in [-0.4, -0.2) is 22.5 Å². The van der Waals surface area contributed by atoms with Crippen molar-refractivity contribution >= 4 is 11.8 Å². The number of hydrazine groups is 1. The molecule has 7 heteroatoms. The number of carbonyl (C=O) groups excluding carboxylic acids is 2. The van der Waals surface area contributed by atoms with Crippen molar-refractivity contribution in [1.29, 1.82) is 0 Å². The van der Waals surface area contributed by atoms with Gasteiger partial charge in [-0.15, -0.1) is 0 Å². The lowest BCUT2D eigenvalue weighted by Crippen LogP contribution is -2.57. The van der Waals surface area contributed by atoms with Crippen LogP contribution in [0.5, 0.6) is 5.75 Å². The number of rotatable bonds is 6. The standard InChI is InChI=1S/C24H28N2O5/c27-21(13-23-9-16-8-17(10-23)12-24(29,11-16)15-23)25-26-22(28)20-7-6-19(31-20)14-30-18-4-2-1-3-5-18/h1-7,16-17,29H,8-15H2,(H,25,27)(H,26,28)/t16-,17+,23?,24?. The predicted octanol–water partition coefficient (Wildman–Crippen LogP) is 3.34. The molecule has 6 rings (SSSR count). The molecule has 0 radical (unpaired) electrons. The molecule has 1 aromatic carbocycles. The van der Waals surface area contributed by atoms with Crippen LogP contribution in [0, 0.1) is 17.3 Å². The highest BCUT2D eigenvalue weighted by Crippen LogP contribution is 2.62. The maximum Gasteiger partial charge on any atom is 0.305 e. The largest absolute Gasteiger partial charge is 0.486 e. The topological polar surface area (TPSA) is 101 Å². The Labute approximate surface area is 181 Å². The van der Waals surface area contributed by atoms with E-state index in [2.05, 4.69) is 10.9 Å². The van der Waals surface area contributed by atoms with Crippen molar-refractivity contribution in [3.8, 4) is 5.75 Å². The van der Waals surface area contributed by atoms with Crippen LogP contribution in [-0.2, 0) is 11.4 Å². The molecule has 164 valence electrons. The molecule has 1 aromatic heterocycles. The second-order valence-corrected chi connectivity index (χ2v) is 9.73. The number of benzene rings is 1. The van der Waals surface area contributed by atoms with Crippen molar-refractivity contribution in [3.05, 3.63) is 54.0 Å². The van der Waals surface area contributed by atoms with Crippen LogP contribution in [0.15, 0.2) is 46.9 Å². The first-order valence-corrected chi connectivity index (χ1v) is 11.0. The second-order valence-electron chi connectivity index (χ2n) is 9.73. The van der Waals surface area contributed by atoms with E-state index in [-0.39, 0.29) is 23.7 Å². The Balaban J connectivity index is 1.12. The van der Waals surface area contributed by atoms with Gasteiger partial charge in [-0.2, -0.15) is 0 Å². The van der Waals surface area contributed by atoms with Gasteiger partial charge in [0.1, 0.15) is 18.1 Å². The molecule has 2 unspecified atom stereocenters. The Bertz CT molecular complexity index is 955. The Hall–Kier alpha value is -2.80. The van der Waals surface area contributed by atoms with Crippen LogP contribution in [0.1, 0.15) is 61.3 Å². The van der Waals surface area contributed by atoms with E-state index >= 15 is 0 Å². The first kappa shape index (κ1) is 20.1. The summed E-state index contributed by atoms with van der Waals surface area (Å²) in [6.07, 6.45) is 5.94. The molecule has 4 aliphatic rings. The molecule has 0 saturated heterocycles. The zero-order valence-electron chi connectivity index (χ0n) is 17.4. The molecule has 1 heterocycles. The molecule has 2 amide bonds. The minimum absolute atomic E-state index is 0.107. The monoisotopic (exact) mass is 424 g/mol. The van der Waals surface area contributed by atoms with Crippen molar-refractivity contribution in [2.75, 3.05) is 0 Å². The van der Waals surface area contributed by atoms with E-state index in [1.54, 1.807) is 12.1 Å². The van der Waals surface area contributed by atoms with E-state index in [0.29, 0.717) is 36.2 Å². The number of nitrogens with one attached hydrogen (secondary N) is 2. The molecule has 0 spiro atoms. The first-order valence-electron chi connectivity index (χ1n) is 11.0. The molecule has 0 aliphatic heterocycles. The van der Waals surface area contributed by atoms with Gasteiger partial charge in [0, 0.05) is 6.42 Å². The van der Waals surface area contributed by atoms with E-state index in [0.717, 1.165) is 25.7 Å². The van der Waals surface area contributed by atoms with E-state index in [1.165, 1.54) is 6.42 Å². The predicted molar refractivity (Wildman–Crippen MR) is 112 cm³/mol. The van der Waals surface area contributed by atoms with Crippen molar-refractivity contribution < 1.29 is 23.8 Å². The molecule has 4 saturated carbocycles. The van der Waals surface area contributed by atoms with Gasteiger partial charge >= 0.3 is 5.91 Å². The summed E-state index contributed by atoms with van der Waals surface area (Å²) in [6.45, 7) is 0.206. The summed E-state index contributed by atoms with van der Waals surface area (Å²) in [4.78, 5) is 24.9. The van der Waals surface area contributed by atoms with Crippen LogP contribution in [0.3, 0.4) is 0 Å². The molecule has 4 fully saturated rings. The maximum absolute atomic E-state index is 12.6. The number of para-hydroxylation sites is 1. The Kier molecular flexibility index (Phi) is 5.01. The zero-order valence-corrected chi connectivity index (χ0v) is 17.4. The lowest BCUT2D eigenvalue weighted by atomic mass is 9.47. The Morgan fingerprint density at radius 1 is 1.03 bits per heavy atom. The highest BCUT2D eigenvalue weighted by molar-refractivity contribution is 5.93. The average molecular weight is 424 g/mol. The van der Waals surface area contributed by atoms with Crippen molar-refractivity contribution in [2.24, 2.45) is 17.3 Å². The molecule has 4 atom stereocenters. The third kappa shape index (κ3) is 4.32. The average Bonchev–Trinajstić information content (AvgIpc) is 3.18. The summed E-state index contributed by atoms with van der Waals surface area (Å²) < 4.78 is 11.1. The fraction of sp³-hybridized carbons (Fsp3) is 0.500. The number of ether oxygens (including phenoxy) is 1. The van der Waals surface area contributed by atoms with Crippen LogP contribution < -0.4 is 15.6 Å². The van der Waals surface area contributed by atoms with Gasteiger partial charge in [-0.25, -0.2) is 0 Å². The van der Waals surface area contributed by atoms with Crippen molar-refractivity contribution in [1.82, 2.24) is 10.9 Å². The maximum atomic E-state index is 12.6. The number of carbonyl (C=O) groups is 2. The minimum atomic E-state index is -0.597. The van der Waals surface area contributed by atoms with E-state index in [4.69, 9.17) is 9.15 Å². The molecule has 4 aliphatic carbocycles. The van der Waals surface area contributed by atoms with Gasteiger partial charge in [0.25, 0.3) is 0 Å². The van der Waals surface area contributed by atoms with Crippen LogP contribution in [0.25, 0.3) is 0 Å². The van der Waals surface area contributed by atoms with Crippen molar-refractivity contribution in [2.45, 2.75) is 57.2 Å². The summed E-state index contributed by atoms with van der Waals surface area (Å²) in [5, 5.41) is 10.8. The zero-order chi connectivity index (χ0) is 21.5. The first-order chi connectivity index (χ1) is 14.9. The third-order valence-corrected chi connectivity index (χ3v) is 7.01. The summed E-state index contributed by atoms with van der Waals surface area (Å²) >= 11 is 0. The van der Waals surface area contributed by atoms with Crippen molar-refractivity contribution in [3.63, 3.8) is 0 Å². The van der Waals surface area contributed by atoms with Gasteiger partial charge in [-0.3, -0.25) is 20.4 Å². The van der Waals surface area contributed by atoms with Gasteiger partial charge in [-0.1, -0.05) is 18.2 Å².